The van der Waals surface area contributed by atoms with Crippen molar-refractivity contribution in [2.75, 3.05) is 6.54 Å². The molecule has 3 aliphatic rings. The maximum absolute atomic E-state index is 5.65. The molecular formula is C48H62N4S. The predicted molar refractivity (Wildman–Crippen MR) is 230 cm³/mol. The number of nitrogens with two attached hydrogens (primary N) is 1. The summed E-state index contributed by atoms with van der Waals surface area (Å²) in [6.45, 7) is 17.3. The number of benzene rings is 3. The Morgan fingerprint density at radius 3 is 2.51 bits per heavy atom. The van der Waals surface area contributed by atoms with Crippen LogP contribution in [0, 0.1) is 18.8 Å². The number of pyridine rings is 1. The zero-order valence-corrected chi connectivity index (χ0v) is 33.6. The summed E-state index contributed by atoms with van der Waals surface area (Å²) < 4.78 is 3.65. The van der Waals surface area contributed by atoms with Crippen molar-refractivity contribution in [3.63, 3.8) is 0 Å². The van der Waals surface area contributed by atoms with E-state index in [-0.39, 0.29) is 0 Å². The lowest BCUT2D eigenvalue weighted by atomic mass is 10.0. The van der Waals surface area contributed by atoms with Gasteiger partial charge in [-0.3, -0.25) is 0 Å². The molecule has 2 bridgehead atoms. The van der Waals surface area contributed by atoms with E-state index in [4.69, 9.17) is 10.7 Å². The Morgan fingerprint density at radius 1 is 0.962 bits per heavy atom. The molecule has 3 N–H and O–H groups in total. The molecule has 0 spiro atoms. The number of nitrogens with zero attached hydrogens (tertiary/aromatic N) is 2. The van der Waals surface area contributed by atoms with Crippen LogP contribution in [-0.2, 0) is 12.8 Å². The van der Waals surface area contributed by atoms with Crippen molar-refractivity contribution in [2.45, 2.75) is 109 Å². The summed E-state index contributed by atoms with van der Waals surface area (Å²) >= 11 is 1.78. The smallest absolute Gasteiger partial charge is 0.0714 e. The summed E-state index contributed by atoms with van der Waals surface area (Å²) in [4.78, 5) is 8.38. The monoisotopic (exact) mass is 726 g/mol. The Morgan fingerprint density at radius 2 is 1.77 bits per heavy atom. The average Bonchev–Trinajstić information content (AvgIpc) is 3.75. The molecule has 1 aromatic heterocycles. The van der Waals surface area contributed by atoms with Crippen molar-refractivity contribution in [3.8, 4) is 11.3 Å². The summed E-state index contributed by atoms with van der Waals surface area (Å²) in [6, 6.07) is 28.5. The highest BCUT2D eigenvalue weighted by atomic mass is 32.2. The van der Waals surface area contributed by atoms with Crippen LogP contribution in [0.15, 0.2) is 132 Å². The molecule has 0 amide bonds. The topological polar surface area (TPSA) is 54.2 Å². The predicted octanol–water partition coefficient (Wildman–Crippen LogP) is 12.5. The second-order valence-electron chi connectivity index (χ2n) is 14.9. The van der Waals surface area contributed by atoms with Gasteiger partial charge in [-0.1, -0.05) is 113 Å². The van der Waals surface area contributed by atoms with Crippen molar-refractivity contribution >= 4 is 22.9 Å². The molecule has 5 heteroatoms. The fraction of sp³-hybridized carbons (Fsp3) is 0.396. The van der Waals surface area contributed by atoms with E-state index in [1.54, 1.807) is 11.9 Å². The van der Waals surface area contributed by atoms with E-state index in [0.29, 0.717) is 6.04 Å². The highest BCUT2D eigenvalue weighted by molar-refractivity contribution is 7.97. The highest BCUT2D eigenvalue weighted by Crippen LogP contribution is 2.45. The van der Waals surface area contributed by atoms with Crippen molar-refractivity contribution in [2.24, 2.45) is 17.6 Å². The molecule has 0 radical (unpaired) electrons. The van der Waals surface area contributed by atoms with Crippen molar-refractivity contribution in [1.29, 1.82) is 0 Å². The maximum Gasteiger partial charge on any atom is 0.0714 e. The molecule has 2 aliphatic heterocycles. The fourth-order valence-electron chi connectivity index (χ4n) is 7.41. The van der Waals surface area contributed by atoms with E-state index in [2.05, 4.69) is 135 Å². The highest BCUT2D eigenvalue weighted by Gasteiger charge is 2.37. The van der Waals surface area contributed by atoms with Gasteiger partial charge >= 0.3 is 0 Å². The molecule has 4 aromatic rings. The number of hydrogen-bond donors (Lipinski definition) is 2. The lowest BCUT2D eigenvalue weighted by Gasteiger charge is -2.26. The minimum Gasteiger partial charge on any atom is -0.401 e. The Bertz CT molecular complexity index is 1840. The molecule has 1 saturated heterocycles. The summed E-state index contributed by atoms with van der Waals surface area (Å²) in [6.07, 6.45) is 20.9. The van der Waals surface area contributed by atoms with Crippen molar-refractivity contribution < 1.29 is 0 Å². The Hall–Kier alpha value is -4.22. The molecule has 3 atom stereocenters. The van der Waals surface area contributed by atoms with Gasteiger partial charge in [-0.05, 0) is 130 Å². The number of nitrogens with one attached hydrogen (secondary N) is 1. The van der Waals surface area contributed by atoms with E-state index in [1.807, 2.05) is 13.0 Å². The molecule has 3 heterocycles. The van der Waals surface area contributed by atoms with Crippen LogP contribution < -0.4 is 10.5 Å². The average molecular weight is 727 g/mol. The largest absolute Gasteiger partial charge is 0.401 e. The molecule has 1 aliphatic carbocycles. The number of aryl methyl sites for hydroxylation is 3. The van der Waals surface area contributed by atoms with Gasteiger partial charge in [0.25, 0.3) is 0 Å². The van der Waals surface area contributed by atoms with E-state index in [0.717, 1.165) is 60.2 Å². The third-order valence-electron chi connectivity index (χ3n) is 10.5. The number of aromatic nitrogens is 1. The number of allylic oxidation sites excluding steroid dienone is 5. The molecule has 3 unspecified atom stereocenters. The summed E-state index contributed by atoms with van der Waals surface area (Å²) in [5.41, 5.74) is 16.4. The Kier molecular flexibility index (Phi) is 15.3. The van der Waals surface area contributed by atoms with E-state index >= 15 is 0 Å². The van der Waals surface area contributed by atoms with Crippen molar-refractivity contribution in [3.05, 3.63) is 144 Å². The van der Waals surface area contributed by atoms with Crippen LogP contribution in [0.25, 0.3) is 22.2 Å². The first-order valence-corrected chi connectivity index (χ1v) is 20.8. The Balaban J connectivity index is 0.000000163. The first-order chi connectivity index (χ1) is 25.8. The van der Waals surface area contributed by atoms with Crippen LogP contribution in [0.5, 0.6) is 0 Å². The van der Waals surface area contributed by atoms with Crippen LogP contribution >= 0.6 is 11.9 Å². The number of hydrogen-bond acceptors (Lipinski definition) is 5. The molecule has 53 heavy (non-hydrogen) atoms. The lowest BCUT2D eigenvalue weighted by Crippen LogP contribution is -2.31. The quantitative estimate of drug-likeness (QED) is 0.158. The van der Waals surface area contributed by atoms with Crippen LogP contribution in [0.3, 0.4) is 0 Å². The van der Waals surface area contributed by atoms with Gasteiger partial charge in [-0.25, -0.2) is 4.98 Å². The zero-order chi connectivity index (χ0) is 37.6. The zero-order valence-electron chi connectivity index (χ0n) is 32.7. The third-order valence-corrected chi connectivity index (χ3v) is 11.4. The Labute approximate surface area is 324 Å². The normalized spacial score (nSPS) is 21.2. The van der Waals surface area contributed by atoms with Crippen molar-refractivity contribution in [1.82, 2.24) is 14.6 Å². The minimum atomic E-state index is 0.340. The molecule has 280 valence electrons. The van der Waals surface area contributed by atoms with Gasteiger partial charge in [0.15, 0.2) is 0 Å². The van der Waals surface area contributed by atoms with Gasteiger partial charge in [-0.2, -0.15) is 0 Å². The molecule has 2 fully saturated rings. The SMILES string of the molecule is C=C(N)C1CCCN1C(=C)C.CCC=C1NSc2cccc(c2)CCCCCC/C=C/C2CC12.CCc1ccc2c(C)cc(-c3ccccc3)nc2c1. The molecule has 1 saturated carbocycles. The van der Waals surface area contributed by atoms with Crippen LogP contribution in [-0.4, -0.2) is 22.5 Å². The second-order valence-corrected chi connectivity index (χ2v) is 15.7. The van der Waals surface area contributed by atoms with Gasteiger partial charge in [0.2, 0.25) is 0 Å². The second kappa shape index (κ2) is 20.3. The van der Waals surface area contributed by atoms with Gasteiger partial charge < -0.3 is 15.4 Å². The minimum absolute atomic E-state index is 0.340. The first kappa shape index (κ1) is 40.0. The standard InChI is InChI=1S/C21H29NS.C18H17N.C9H16N2/c1-2-10-21-20-16-18(20)13-8-6-4-3-5-7-11-17-12-9-14-19(15-17)23-22-21;1-3-14-9-10-16-13(2)11-17(19-18(16)12-14)15-7-5-4-6-8-15;1-7(2)11-6-4-5-9(11)8(3)10/h8-10,12-15,18,20,22H,2-7,11,16H2,1H3;4-12H,3H2,1-2H3;9H,1,3-6,10H2,2H3/b13-8+,21-10?;;. The van der Waals surface area contributed by atoms with Crippen LogP contribution in [0.4, 0.5) is 0 Å². The van der Waals surface area contributed by atoms with E-state index < -0.39 is 0 Å². The van der Waals surface area contributed by atoms with Gasteiger partial charge in [0.1, 0.15) is 0 Å². The van der Waals surface area contributed by atoms with Crippen LogP contribution in [0.1, 0.15) is 95.2 Å². The van der Waals surface area contributed by atoms with E-state index in [9.17, 15) is 0 Å². The number of rotatable bonds is 5. The number of likely N-dealkylation sites (tertiary alicyclic amines) is 1. The third kappa shape index (κ3) is 11.9. The molecule has 3 aromatic carbocycles. The fourth-order valence-corrected chi connectivity index (χ4v) is 8.23. The van der Waals surface area contributed by atoms with Crippen LogP contribution in [0.2, 0.25) is 0 Å². The van der Waals surface area contributed by atoms with Gasteiger partial charge in [0.05, 0.1) is 17.3 Å². The molecule has 4 nitrogen and oxygen atoms in total. The van der Waals surface area contributed by atoms with E-state index in [1.165, 1.54) is 89.6 Å². The summed E-state index contributed by atoms with van der Waals surface area (Å²) in [5.74, 6) is 1.48. The number of fused-ring (bicyclic) bond motifs is 4. The van der Waals surface area contributed by atoms with Gasteiger partial charge in [0, 0.05) is 45.4 Å². The maximum atomic E-state index is 5.65. The molecular weight excluding hydrogens is 665 g/mol. The van der Waals surface area contributed by atoms with Gasteiger partial charge in [-0.15, -0.1) is 0 Å². The summed E-state index contributed by atoms with van der Waals surface area (Å²) in [5, 5.41) is 1.25. The lowest BCUT2D eigenvalue weighted by molar-refractivity contribution is 0.355. The first-order valence-electron chi connectivity index (χ1n) is 20.0. The molecule has 7 rings (SSSR count). The summed E-state index contributed by atoms with van der Waals surface area (Å²) in [7, 11) is 0.